The lowest BCUT2D eigenvalue weighted by molar-refractivity contribution is 1.31. The van der Waals surface area contributed by atoms with Gasteiger partial charge in [-0.1, -0.05) is 62.3 Å². The summed E-state index contributed by atoms with van der Waals surface area (Å²) in [5, 5.41) is 0. The van der Waals surface area contributed by atoms with Crippen LogP contribution in [-0.2, 0) is 0 Å². The molecule has 0 atom stereocenters. The fourth-order valence-electron chi connectivity index (χ4n) is 2.34. The molecule has 2 rings (SSSR count). The van der Waals surface area contributed by atoms with Crippen molar-refractivity contribution in [1.82, 2.24) is 4.98 Å². The SMILES string of the molecule is CCB(CC)c1ccccc1-c1ccccn1. The second kappa shape index (κ2) is 5.67. The number of hydrogen-bond acceptors (Lipinski definition) is 1. The summed E-state index contributed by atoms with van der Waals surface area (Å²) in [7, 11) is 0. The molecule has 0 aliphatic carbocycles. The Morgan fingerprint density at radius 1 is 0.941 bits per heavy atom. The maximum atomic E-state index is 4.46. The largest absolute Gasteiger partial charge is 0.256 e. The Hall–Kier alpha value is -1.57. The summed E-state index contributed by atoms with van der Waals surface area (Å²) >= 11 is 0. The van der Waals surface area contributed by atoms with Gasteiger partial charge in [0, 0.05) is 6.20 Å². The Labute approximate surface area is 104 Å². The van der Waals surface area contributed by atoms with E-state index in [9.17, 15) is 0 Å². The van der Waals surface area contributed by atoms with E-state index in [0.29, 0.717) is 6.71 Å². The van der Waals surface area contributed by atoms with Gasteiger partial charge >= 0.3 is 0 Å². The highest BCUT2D eigenvalue weighted by Gasteiger charge is 2.16. The molecule has 0 spiro atoms. The van der Waals surface area contributed by atoms with Gasteiger partial charge in [0.15, 0.2) is 6.71 Å². The van der Waals surface area contributed by atoms with Crippen LogP contribution in [0.5, 0.6) is 0 Å². The van der Waals surface area contributed by atoms with Gasteiger partial charge in [0.05, 0.1) is 5.69 Å². The van der Waals surface area contributed by atoms with E-state index in [1.165, 1.54) is 23.7 Å². The molecule has 0 radical (unpaired) electrons. The molecule has 0 saturated heterocycles. The summed E-state index contributed by atoms with van der Waals surface area (Å²) in [4.78, 5) is 4.46. The second-order valence-corrected chi connectivity index (χ2v) is 4.32. The lowest BCUT2D eigenvalue weighted by Gasteiger charge is -2.14. The van der Waals surface area contributed by atoms with E-state index in [0.717, 1.165) is 5.69 Å². The number of nitrogens with zero attached hydrogens (tertiary/aromatic N) is 1. The van der Waals surface area contributed by atoms with Gasteiger partial charge in [-0.2, -0.15) is 0 Å². The van der Waals surface area contributed by atoms with E-state index < -0.39 is 0 Å². The highest BCUT2D eigenvalue weighted by molar-refractivity contribution is 6.74. The minimum Gasteiger partial charge on any atom is -0.256 e. The Kier molecular flexibility index (Phi) is 3.97. The lowest BCUT2D eigenvalue weighted by atomic mass is 9.40. The maximum absolute atomic E-state index is 4.46. The smallest absolute Gasteiger partial charge is 0.176 e. The van der Waals surface area contributed by atoms with Gasteiger partial charge in [-0.15, -0.1) is 0 Å². The first-order valence-corrected chi connectivity index (χ1v) is 6.37. The molecule has 17 heavy (non-hydrogen) atoms. The summed E-state index contributed by atoms with van der Waals surface area (Å²) < 4.78 is 0. The molecule has 0 fully saturated rings. The van der Waals surface area contributed by atoms with Crippen molar-refractivity contribution >= 4 is 12.2 Å². The standard InChI is InChI=1S/C15H18BN/c1-3-16(4-2)14-10-6-5-9-13(14)15-11-7-8-12-17-15/h5-12H,3-4H2,1-2H3. The molecular formula is C15H18BN. The summed E-state index contributed by atoms with van der Waals surface area (Å²) in [6.07, 6.45) is 4.22. The number of benzene rings is 1. The van der Waals surface area contributed by atoms with Crippen molar-refractivity contribution in [3.63, 3.8) is 0 Å². The molecule has 1 nitrogen and oxygen atoms in total. The van der Waals surface area contributed by atoms with Crippen molar-refractivity contribution in [2.45, 2.75) is 26.5 Å². The van der Waals surface area contributed by atoms with Crippen molar-refractivity contribution < 1.29 is 0 Å². The third kappa shape index (κ3) is 2.58. The molecular weight excluding hydrogens is 205 g/mol. The minimum absolute atomic E-state index is 0.633. The third-order valence-electron chi connectivity index (χ3n) is 3.33. The molecule has 0 N–H and O–H groups in total. The summed E-state index contributed by atoms with van der Waals surface area (Å²) in [5.41, 5.74) is 3.79. The Balaban J connectivity index is 2.48. The quantitative estimate of drug-likeness (QED) is 0.723. The molecule has 2 aromatic rings. The van der Waals surface area contributed by atoms with Crippen molar-refractivity contribution in [3.05, 3.63) is 48.7 Å². The molecule has 1 aromatic carbocycles. The Morgan fingerprint density at radius 2 is 1.65 bits per heavy atom. The topological polar surface area (TPSA) is 12.9 Å². The molecule has 0 saturated carbocycles. The molecule has 0 bridgehead atoms. The van der Waals surface area contributed by atoms with Gasteiger partial charge in [-0.25, -0.2) is 0 Å². The first-order chi connectivity index (χ1) is 8.36. The van der Waals surface area contributed by atoms with Crippen LogP contribution in [0, 0.1) is 0 Å². The molecule has 0 amide bonds. The molecule has 0 aliphatic heterocycles. The van der Waals surface area contributed by atoms with Gasteiger partial charge in [0.2, 0.25) is 0 Å². The first-order valence-electron chi connectivity index (χ1n) is 6.37. The molecule has 86 valence electrons. The number of hydrogen-bond donors (Lipinski definition) is 0. The van der Waals surface area contributed by atoms with E-state index in [-0.39, 0.29) is 0 Å². The fraction of sp³-hybridized carbons (Fsp3) is 0.267. The van der Waals surface area contributed by atoms with Gasteiger partial charge in [0.1, 0.15) is 0 Å². The predicted molar refractivity (Wildman–Crippen MR) is 76.0 cm³/mol. The van der Waals surface area contributed by atoms with E-state index in [4.69, 9.17) is 0 Å². The van der Waals surface area contributed by atoms with Crippen LogP contribution in [0.3, 0.4) is 0 Å². The van der Waals surface area contributed by atoms with Gasteiger partial charge in [-0.05, 0) is 17.7 Å². The van der Waals surface area contributed by atoms with Crippen LogP contribution in [0.15, 0.2) is 48.7 Å². The van der Waals surface area contributed by atoms with Crippen LogP contribution < -0.4 is 5.46 Å². The van der Waals surface area contributed by atoms with Crippen molar-refractivity contribution in [3.8, 4) is 11.3 Å². The molecule has 0 aliphatic rings. The fourth-order valence-corrected chi connectivity index (χ4v) is 2.34. The average Bonchev–Trinajstić information content (AvgIpc) is 2.42. The van der Waals surface area contributed by atoms with Crippen molar-refractivity contribution in [2.75, 3.05) is 0 Å². The first kappa shape index (κ1) is 11.9. The van der Waals surface area contributed by atoms with Crippen molar-refractivity contribution in [1.29, 1.82) is 0 Å². The lowest BCUT2D eigenvalue weighted by Crippen LogP contribution is -2.30. The Bertz CT molecular complexity index is 463. The zero-order valence-corrected chi connectivity index (χ0v) is 10.6. The van der Waals surface area contributed by atoms with Gasteiger partial charge in [-0.3, -0.25) is 4.98 Å². The van der Waals surface area contributed by atoms with E-state index in [1.54, 1.807) is 0 Å². The van der Waals surface area contributed by atoms with Crippen LogP contribution in [0.1, 0.15) is 13.8 Å². The van der Waals surface area contributed by atoms with Crippen LogP contribution >= 0.6 is 0 Å². The molecule has 1 heterocycles. The van der Waals surface area contributed by atoms with Crippen LogP contribution in [-0.4, -0.2) is 11.7 Å². The van der Waals surface area contributed by atoms with Crippen molar-refractivity contribution in [2.24, 2.45) is 0 Å². The number of rotatable bonds is 4. The summed E-state index contributed by atoms with van der Waals surface area (Å²) in [5.74, 6) is 0. The molecule has 0 unspecified atom stereocenters. The molecule has 2 heteroatoms. The average molecular weight is 223 g/mol. The molecule has 1 aromatic heterocycles. The van der Waals surface area contributed by atoms with E-state index >= 15 is 0 Å². The van der Waals surface area contributed by atoms with Gasteiger partial charge < -0.3 is 0 Å². The van der Waals surface area contributed by atoms with E-state index in [2.05, 4.69) is 49.2 Å². The highest BCUT2D eigenvalue weighted by Crippen LogP contribution is 2.16. The van der Waals surface area contributed by atoms with E-state index in [1.807, 2.05) is 18.3 Å². The predicted octanol–water partition coefficient (Wildman–Crippen LogP) is 3.49. The van der Waals surface area contributed by atoms with Gasteiger partial charge in [0.25, 0.3) is 0 Å². The summed E-state index contributed by atoms with van der Waals surface area (Å²) in [6, 6.07) is 14.7. The third-order valence-corrected chi connectivity index (χ3v) is 3.33. The maximum Gasteiger partial charge on any atom is 0.176 e. The Morgan fingerprint density at radius 3 is 2.29 bits per heavy atom. The van der Waals surface area contributed by atoms with Crippen LogP contribution in [0.4, 0.5) is 0 Å². The minimum atomic E-state index is 0.633. The zero-order valence-electron chi connectivity index (χ0n) is 10.6. The highest BCUT2D eigenvalue weighted by atomic mass is 14.7. The monoisotopic (exact) mass is 223 g/mol. The number of pyridine rings is 1. The number of aromatic nitrogens is 1. The summed E-state index contributed by atoms with van der Waals surface area (Å²) in [6.45, 7) is 5.14. The van der Waals surface area contributed by atoms with Crippen LogP contribution in [0.25, 0.3) is 11.3 Å². The van der Waals surface area contributed by atoms with Crippen LogP contribution in [0.2, 0.25) is 12.6 Å². The normalized spacial score (nSPS) is 10.2. The zero-order chi connectivity index (χ0) is 12.1. The second-order valence-electron chi connectivity index (χ2n) is 4.32.